The summed E-state index contributed by atoms with van der Waals surface area (Å²) < 4.78 is 0. The van der Waals surface area contributed by atoms with Gasteiger partial charge in [-0.05, 0) is 6.92 Å². The van der Waals surface area contributed by atoms with Gasteiger partial charge in [0, 0.05) is 19.5 Å². The van der Waals surface area contributed by atoms with Crippen LogP contribution in [0.3, 0.4) is 0 Å². The summed E-state index contributed by atoms with van der Waals surface area (Å²) in [6.07, 6.45) is 0.829. The van der Waals surface area contributed by atoms with Crippen molar-refractivity contribution in [2.24, 2.45) is 0 Å². The monoisotopic (exact) mass is 236 g/mol. The molecule has 0 amide bonds. The molecule has 0 aromatic heterocycles. The van der Waals surface area contributed by atoms with E-state index in [-0.39, 0.29) is 19.5 Å². The van der Waals surface area contributed by atoms with Crippen molar-refractivity contribution in [3.05, 3.63) is 41.8 Å². The molecular formula is C9H9ORh-. The third-order valence-corrected chi connectivity index (χ3v) is 1.43. The molecule has 0 spiro atoms. The van der Waals surface area contributed by atoms with Crippen molar-refractivity contribution in [3.8, 4) is 0 Å². The van der Waals surface area contributed by atoms with E-state index in [0.29, 0.717) is 5.56 Å². The van der Waals surface area contributed by atoms with Crippen molar-refractivity contribution in [1.29, 1.82) is 0 Å². The van der Waals surface area contributed by atoms with Gasteiger partial charge in [-0.2, -0.15) is 18.6 Å². The Morgan fingerprint density at radius 2 is 2.09 bits per heavy atom. The van der Waals surface area contributed by atoms with Crippen LogP contribution in [0.5, 0.6) is 0 Å². The van der Waals surface area contributed by atoms with Crippen molar-refractivity contribution in [3.63, 3.8) is 0 Å². The maximum Gasteiger partial charge on any atom is 0.0956 e. The van der Waals surface area contributed by atoms with Gasteiger partial charge in [0.1, 0.15) is 0 Å². The Labute approximate surface area is 79.6 Å². The summed E-state index contributed by atoms with van der Waals surface area (Å²) >= 11 is 0. The Hall–Kier alpha value is -0.617. The van der Waals surface area contributed by atoms with Crippen molar-refractivity contribution in [1.82, 2.24) is 0 Å². The quantitative estimate of drug-likeness (QED) is 0.414. The fourth-order valence-electron chi connectivity index (χ4n) is 0.824. The maximum absolute atomic E-state index is 10.3. The fourth-order valence-corrected chi connectivity index (χ4v) is 0.824. The molecule has 0 unspecified atom stereocenters. The molecule has 0 aliphatic heterocycles. The number of hydrogen-bond donors (Lipinski definition) is 0. The summed E-state index contributed by atoms with van der Waals surface area (Å²) in [5.74, 6) is 0. The predicted molar refractivity (Wildman–Crippen MR) is 41.0 cm³/mol. The van der Waals surface area contributed by atoms with Crippen LogP contribution in [0.1, 0.15) is 21.5 Å². The van der Waals surface area contributed by atoms with E-state index in [1.165, 1.54) is 0 Å². The number of hydrogen-bond acceptors (Lipinski definition) is 1. The van der Waals surface area contributed by atoms with Crippen LogP contribution in [-0.4, -0.2) is 6.29 Å². The van der Waals surface area contributed by atoms with Gasteiger partial charge in [0.05, 0.1) is 6.29 Å². The fraction of sp³-hybridized carbons (Fsp3) is 0.111. The Morgan fingerprint density at radius 1 is 1.45 bits per heavy atom. The standard InChI is InChI=1S/C9H9O.Rh/c1-7-3-4-8(2)9(5-7)6-10;/h3-6H,2H2,1H3;/q-1;. The summed E-state index contributed by atoms with van der Waals surface area (Å²) in [6.45, 7) is 5.65. The van der Waals surface area contributed by atoms with E-state index >= 15 is 0 Å². The zero-order valence-corrected chi connectivity index (χ0v) is 7.90. The molecule has 0 saturated heterocycles. The summed E-state index contributed by atoms with van der Waals surface area (Å²) in [5, 5.41) is 0. The summed E-state index contributed by atoms with van der Waals surface area (Å²) in [4.78, 5) is 10.3. The number of rotatable bonds is 1. The normalized spacial score (nSPS) is 8.45. The van der Waals surface area contributed by atoms with Gasteiger partial charge in [-0.3, -0.25) is 0 Å². The van der Waals surface area contributed by atoms with Crippen LogP contribution < -0.4 is 0 Å². The van der Waals surface area contributed by atoms with Crippen molar-refractivity contribution in [2.45, 2.75) is 6.92 Å². The molecule has 0 bridgehead atoms. The first-order valence-electron chi connectivity index (χ1n) is 3.12. The van der Waals surface area contributed by atoms with E-state index in [1.54, 1.807) is 0 Å². The van der Waals surface area contributed by atoms with Gasteiger partial charge in [0.2, 0.25) is 0 Å². The van der Waals surface area contributed by atoms with Crippen molar-refractivity contribution in [2.75, 3.05) is 0 Å². The van der Waals surface area contributed by atoms with Gasteiger partial charge < -0.3 is 4.79 Å². The summed E-state index contributed by atoms with van der Waals surface area (Å²) in [7, 11) is 0. The molecule has 1 aromatic carbocycles. The van der Waals surface area contributed by atoms with Gasteiger partial charge in [0.15, 0.2) is 0 Å². The smallest absolute Gasteiger partial charge is 0.0956 e. The molecule has 0 N–H and O–H groups in total. The predicted octanol–water partition coefficient (Wildman–Crippen LogP) is 1.99. The molecular weight excluding hydrogens is 227 g/mol. The molecule has 2 heteroatoms. The average Bonchev–Trinajstić information content (AvgIpc) is 1.94. The van der Waals surface area contributed by atoms with Crippen LogP contribution in [0.4, 0.5) is 0 Å². The number of carbonyl (C=O) groups is 1. The molecule has 11 heavy (non-hydrogen) atoms. The molecule has 0 saturated carbocycles. The van der Waals surface area contributed by atoms with Crippen LogP contribution in [0.2, 0.25) is 0 Å². The van der Waals surface area contributed by atoms with Crippen molar-refractivity contribution < 1.29 is 24.3 Å². The molecule has 1 rings (SSSR count). The Morgan fingerprint density at radius 3 is 2.55 bits per heavy atom. The zero-order valence-electron chi connectivity index (χ0n) is 6.26. The van der Waals surface area contributed by atoms with E-state index in [9.17, 15) is 4.79 Å². The number of benzene rings is 1. The van der Waals surface area contributed by atoms with Gasteiger partial charge >= 0.3 is 0 Å². The van der Waals surface area contributed by atoms with E-state index in [2.05, 4.69) is 6.92 Å². The molecule has 0 heterocycles. The van der Waals surface area contributed by atoms with E-state index in [0.717, 1.165) is 17.4 Å². The average molecular weight is 236 g/mol. The van der Waals surface area contributed by atoms with Crippen LogP contribution in [0, 0.1) is 13.8 Å². The molecule has 0 fully saturated rings. The second-order valence-corrected chi connectivity index (χ2v) is 2.32. The molecule has 0 atom stereocenters. The van der Waals surface area contributed by atoms with Gasteiger partial charge in [-0.1, -0.05) is 11.1 Å². The molecule has 1 nitrogen and oxygen atoms in total. The summed E-state index contributed by atoms with van der Waals surface area (Å²) in [5.41, 5.74) is 2.56. The molecule has 61 valence electrons. The number of aldehydes is 1. The topological polar surface area (TPSA) is 17.1 Å². The first kappa shape index (κ1) is 10.4. The van der Waals surface area contributed by atoms with E-state index in [1.807, 2.05) is 25.1 Å². The number of aryl methyl sites for hydroxylation is 1. The third kappa shape index (κ3) is 2.47. The van der Waals surface area contributed by atoms with Gasteiger partial charge in [-0.15, -0.1) is 12.1 Å². The minimum Gasteiger partial charge on any atom is -0.312 e. The minimum absolute atomic E-state index is 0. The van der Waals surface area contributed by atoms with Crippen LogP contribution >= 0.6 is 0 Å². The van der Waals surface area contributed by atoms with Crippen molar-refractivity contribution >= 4 is 6.29 Å². The van der Waals surface area contributed by atoms with E-state index < -0.39 is 0 Å². The largest absolute Gasteiger partial charge is 0.312 e. The second-order valence-electron chi connectivity index (χ2n) is 2.32. The SMILES string of the molecule is [CH2-]c1ccc(C)cc1C=O.[Rh]. The van der Waals surface area contributed by atoms with Gasteiger partial charge in [-0.25, -0.2) is 0 Å². The van der Waals surface area contributed by atoms with Gasteiger partial charge in [0.25, 0.3) is 0 Å². The Balaban J connectivity index is 0.000001000. The Kier molecular flexibility index (Phi) is 4.06. The van der Waals surface area contributed by atoms with E-state index in [4.69, 9.17) is 0 Å². The Bertz CT molecular complexity index is 256. The first-order valence-corrected chi connectivity index (χ1v) is 3.12. The third-order valence-electron chi connectivity index (χ3n) is 1.43. The summed E-state index contributed by atoms with van der Waals surface area (Å²) in [6, 6.07) is 5.61. The second kappa shape index (κ2) is 4.30. The molecule has 0 aliphatic carbocycles. The zero-order chi connectivity index (χ0) is 7.56. The minimum atomic E-state index is 0. The van der Waals surface area contributed by atoms with Crippen LogP contribution in [0.15, 0.2) is 18.2 Å². The van der Waals surface area contributed by atoms with Crippen LogP contribution in [0.25, 0.3) is 0 Å². The molecule has 1 radical (unpaired) electrons. The maximum atomic E-state index is 10.3. The molecule has 1 aromatic rings. The first-order chi connectivity index (χ1) is 4.74. The van der Waals surface area contributed by atoms with Crippen LogP contribution in [-0.2, 0) is 19.5 Å². The number of carbonyl (C=O) groups excluding carboxylic acids is 1. The molecule has 0 aliphatic rings.